The van der Waals surface area contributed by atoms with Gasteiger partial charge >= 0.3 is 0 Å². The fourth-order valence-corrected chi connectivity index (χ4v) is 4.95. The number of hydrogen-bond donors (Lipinski definition) is 0. The molecule has 2 heterocycles. The van der Waals surface area contributed by atoms with E-state index in [0.29, 0.717) is 12.2 Å². The summed E-state index contributed by atoms with van der Waals surface area (Å²) in [4.78, 5) is 15.1. The molecule has 1 atom stereocenters. The van der Waals surface area contributed by atoms with Crippen molar-refractivity contribution in [2.24, 2.45) is 0 Å². The summed E-state index contributed by atoms with van der Waals surface area (Å²) in [5.74, 6) is -0.215. The van der Waals surface area contributed by atoms with Crippen LogP contribution in [0.3, 0.4) is 0 Å². The average molecular weight is 430 g/mol. The molecule has 1 aliphatic rings. The maximum Gasteiger partial charge on any atom is 0.240 e. The van der Waals surface area contributed by atoms with Crippen LogP contribution in [0, 0.1) is 5.82 Å². The topological polar surface area (TPSA) is 46.1 Å². The molecule has 0 saturated carbocycles. The molecule has 1 amide bonds. The molecule has 0 bridgehead atoms. The Balaban J connectivity index is 1.45. The van der Waals surface area contributed by atoms with Crippen LogP contribution in [0.2, 0.25) is 0 Å². The summed E-state index contributed by atoms with van der Waals surface area (Å²) in [6.45, 7) is 2.62. The Labute approximate surface area is 184 Å². The third-order valence-corrected chi connectivity index (χ3v) is 6.64. The number of aromatic nitrogens is 2. The third-order valence-electron chi connectivity index (χ3n) is 5.56. The molecule has 1 aliphatic heterocycles. The van der Waals surface area contributed by atoms with Gasteiger partial charge in [0.05, 0.1) is 5.25 Å². The number of hydrogen-bond acceptors (Lipinski definition) is 4. The Morgan fingerprint density at radius 2 is 1.68 bits per heavy atom. The van der Waals surface area contributed by atoms with E-state index in [-0.39, 0.29) is 17.0 Å². The highest BCUT2D eigenvalue weighted by molar-refractivity contribution is 8.00. The number of para-hydroxylation sites is 1. The van der Waals surface area contributed by atoms with Crippen molar-refractivity contribution in [1.29, 1.82) is 0 Å². The van der Waals surface area contributed by atoms with E-state index in [2.05, 4.69) is 16.3 Å². The molecule has 1 aromatic heterocycles. The molecule has 3 aromatic carbocycles. The van der Waals surface area contributed by atoms with Gasteiger partial charge < -0.3 is 4.90 Å². The zero-order chi connectivity index (χ0) is 21.4. The normalized spacial score (nSPS) is 13.9. The predicted molar refractivity (Wildman–Crippen MR) is 123 cm³/mol. The molecule has 31 heavy (non-hydrogen) atoms. The van der Waals surface area contributed by atoms with E-state index in [0.717, 1.165) is 33.5 Å². The zero-order valence-electron chi connectivity index (χ0n) is 17.0. The van der Waals surface area contributed by atoms with Gasteiger partial charge in [0.1, 0.15) is 16.5 Å². The molecule has 4 nitrogen and oxygen atoms in total. The van der Waals surface area contributed by atoms with Gasteiger partial charge in [-0.05, 0) is 49.2 Å². The fraction of sp³-hybridized carbons (Fsp3) is 0.160. The molecule has 0 saturated heterocycles. The van der Waals surface area contributed by atoms with Crippen molar-refractivity contribution < 1.29 is 9.18 Å². The number of fused-ring (bicyclic) bond motifs is 2. The molecular weight excluding hydrogens is 409 g/mol. The molecule has 6 heteroatoms. The Kier molecular flexibility index (Phi) is 5.16. The highest BCUT2D eigenvalue weighted by Gasteiger charge is 2.29. The van der Waals surface area contributed by atoms with Gasteiger partial charge in [0.25, 0.3) is 0 Å². The van der Waals surface area contributed by atoms with Crippen molar-refractivity contribution in [3.05, 3.63) is 84.2 Å². The van der Waals surface area contributed by atoms with Gasteiger partial charge in [-0.15, -0.1) is 10.2 Å². The summed E-state index contributed by atoms with van der Waals surface area (Å²) in [7, 11) is 0. The van der Waals surface area contributed by atoms with Crippen LogP contribution >= 0.6 is 11.8 Å². The SMILES string of the molecule is CC(Sc1nnc(-c2ccc(F)cc2)c2ccccc12)C(=O)N1CCc2ccccc21. The zero-order valence-corrected chi connectivity index (χ0v) is 17.8. The fourth-order valence-electron chi connectivity index (χ4n) is 3.99. The quantitative estimate of drug-likeness (QED) is 0.402. The Bertz CT molecular complexity index is 1280. The second-order valence-electron chi connectivity index (χ2n) is 7.53. The molecule has 0 fully saturated rings. The molecule has 1 unspecified atom stereocenters. The number of amides is 1. The summed E-state index contributed by atoms with van der Waals surface area (Å²) < 4.78 is 13.3. The molecule has 0 aliphatic carbocycles. The van der Waals surface area contributed by atoms with Crippen LogP contribution in [-0.4, -0.2) is 27.9 Å². The van der Waals surface area contributed by atoms with E-state index in [4.69, 9.17) is 0 Å². The molecular formula is C25H20FN3OS. The Morgan fingerprint density at radius 3 is 2.48 bits per heavy atom. The lowest BCUT2D eigenvalue weighted by atomic mass is 10.1. The number of carbonyl (C=O) groups is 1. The lowest BCUT2D eigenvalue weighted by Crippen LogP contribution is -2.35. The molecule has 0 radical (unpaired) electrons. The Hall–Kier alpha value is -3.25. The Morgan fingerprint density at radius 1 is 0.968 bits per heavy atom. The van der Waals surface area contributed by atoms with Crippen LogP contribution < -0.4 is 4.90 Å². The summed E-state index contributed by atoms with van der Waals surface area (Å²) in [5, 5.41) is 11.2. The average Bonchev–Trinajstić information content (AvgIpc) is 3.23. The molecule has 0 spiro atoms. The van der Waals surface area contributed by atoms with Gasteiger partial charge in [-0.2, -0.15) is 0 Å². The minimum Gasteiger partial charge on any atom is -0.311 e. The largest absolute Gasteiger partial charge is 0.311 e. The molecule has 154 valence electrons. The van der Waals surface area contributed by atoms with E-state index in [1.165, 1.54) is 29.5 Å². The van der Waals surface area contributed by atoms with Crippen molar-refractivity contribution in [3.8, 4) is 11.3 Å². The maximum atomic E-state index is 13.3. The number of anilines is 1. The number of benzene rings is 3. The van der Waals surface area contributed by atoms with Crippen molar-refractivity contribution in [2.45, 2.75) is 23.6 Å². The van der Waals surface area contributed by atoms with Crippen LogP contribution in [0.4, 0.5) is 10.1 Å². The van der Waals surface area contributed by atoms with Crippen molar-refractivity contribution in [3.63, 3.8) is 0 Å². The van der Waals surface area contributed by atoms with Gasteiger partial charge in [-0.1, -0.05) is 54.2 Å². The number of thioether (sulfide) groups is 1. The van der Waals surface area contributed by atoms with Crippen molar-refractivity contribution in [1.82, 2.24) is 10.2 Å². The van der Waals surface area contributed by atoms with Gasteiger partial charge in [-0.3, -0.25) is 4.79 Å². The lowest BCUT2D eigenvalue weighted by Gasteiger charge is -2.21. The van der Waals surface area contributed by atoms with Crippen molar-refractivity contribution in [2.75, 3.05) is 11.4 Å². The van der Waals surface area contributed by atoms with Crippen LogP contribution in [-0.2, 0) is 11.2 Å². The highest BCUT2D eigenvalue weighted by Crippen LogP contribution is 2.35. The van der Waals surface area contributed by atoms with Gasteiger partial charge in [0.15, 0.2) is 0 Å². The summed E-state index contributed by atoms with van der Waals surface area (Å²) in [6, 6.07) is 22.2. The molecule has 5 rings (SSSR count). The monoisotopic (exact) mass is 429 g/mol. The minimum absolute atomic E-state index is 0.0726. The summed E-state index contributed by atoms with van der Waals surface area (Å²) in [5.41, 5.74) is 3.72. The predicted octanol–water partition coefficient (Wildman–Crippen LogP) is 5.51. The van der Waals surface area contributed by atoms with Crippen LogP contribution in [0.1, 0.15) is 12.5 Å². The van der Waals surface area contributed by atoms with Gasteiger partial charge in [-0.25, -0.2) is 4.39 Å². The smallest absolute Gasteiger partial charge is 0.240 e. The highest BCUT2D eigenvalue weighted by atomic mass is 32.2. The van der Waals surface area contributed by atoms with Gasteiger partial charge in [0, 0.05) is 28.6 Å². The van der Waals surface area contributed by atoms with E-state index >= 15 is 0 Å². The summed E-state index contributed by atoms with van der Waals surface area (Å²) in [6.07, 6.45) is 0.883. The number of halogens is 1. The van der Waals surface area contributed by atoms with Crippen LogP contribution in [0.5, 0.6) is 0 Å². The third kappa shape index (κ3) is 3.68. The first-order valence-electron chi connectivity index (χ1n) is 10.2. The van der Waals surface area contributed by atoms with Crippen LogP contribution in [0.25, 0.3) is 22.0 Å². The second-order valence-corrected chi connectivity index (χ2v) is 8.86. The van der Waals surface area contributed by atoms with E-state index < -0.39 is 0 Å². The van der Waals surface area contributed by atoms with E-state index in [1.807, 2.05) is 54.3 Å². The molecule has 0 N–H and O–H groups in total. The lowest BCUT2D eigenvalue weighted by molar-refractivity contribution is -0.117. The number of rotatable bonds is 4. The van der Waals surface area contributed by atoms with E-state index in [9.17, 15) is 9.18 Å². The van der Waals surface area contributed by atoms with Crippen LogP contribution in [0.15, 0.2) is 77.8 Å². The number of nitrogens with zero attached hydrogens (tertiary/aromatic N) is 3. The maximum absolute atomic E-state index is 13.3. The van der Waals surface area contributed by atoms with Crippen molar-refractivity contribution >= 4 is 34.1 Å². The summed E-state index contributed by atoms with van der Waals surface area (Å²) >= 11 is 1.42. The first-order chi connectivity index (χ1) is 15.1. The second kappa shape index (κ2) is 8.12. The first-order valence-corrected chi connectivity index (χ1v) is 11.1. The first kappa shape index (κ1) is 19.7. The number of carbonyl (C=O) groups excluding carboxylic acids is 1. The van der Waals surface area contributed by atoms with Gasteiger partial charge in [0.2, 0.25) is 5.91 Å². The molecule has 4 aromatic rings. The minimum atomic E-state index is -0.305. The standard InChI is InChI=1S/C25H20FN3OS/c1-16(25(30)29-15-14-17-6-2-5-9-22(17)29)31-24-21-8-4-3-7-20(21)23(27-28-24)18-10-12-19(26)13-11-18/h2-13,16H,14-15H2,1H3. The van der Waals surface area contributed by atoms with E-state index in [1.54, 1.807) is 12.1 Å².